The average Bonchev–Trinajstić information content (AvgIpc) is 2.37. The maximum atomic E-state index is 11.4. The molecule has 90 valence electrons. The lowest BCUT2D eigenvalue weighted by molar-refractivity contribution is -0.116. The molecule has 0 aliphatic rings. The van der Waals surface area contributed by atoms with Gasteiger partial charge in [-0.15, -0.1) is 0 Å². The third-order valence-corrected chi connectivity index (χ3v) is 2.18. The van der Waals surface area contributed by atoms with Gasteiger partial charge < -0.3 is 10.1 Å². The van der Waals surface area contributed by atoms with Gasteiger partial charge in [0, 0.05) is 12.6 Å². The van der Waals surface area contributed by atoms with Crippen LogP contribution in [0.1, 0.15) is 12.5 Å². The summed E-state index contributed by atoms with van der Waals surface area (Å²) in [5.41, 5.74) is 1.04. The zero-order chi connectivity index (χ0) is 12.5. The first kappa shape index (κ1) is 13.0. The monoisotopic (exact) mass is 231 g/mol. The molecule has 0 fully saturated rings. The zero-order valence-electron chi connectivity index (χ0n) is 10.1. The van der Waals surface area contributed by atoms with Crippen molar-refractivity contribution in [2.45, 2.75) is 13.5 Å². The van der Waals surface area contributed by atoms with Gasteiger partial charge in [-0.3, -0.25) is 4.79 Å². The number of hydrogen-bond acceptors (Lipinski definition) is 2. The maximum absolute atomic E-state index is 11.4. The van der Waals surface area contributed by atoms with E-state index >= 15 is 0 Å². The number of amides is 1. The molecule has 17 heavy (non-hydrogen) atoms. The number of hydrogen-bond donors (Lipinski definition) is 1. The first-order chi connectivity index (χ1) is 8.26. The molecule has 0 aromatic heterocycles. The Balaban J connectivity index is 2.41. The van der Waals surface area contributed by atoms with Gasteiger partial charge >= 0.3 is 0 Å². The maximum Gasteiger partial charge on any atom is 0.244 e. The van der Waals surface area contributed by atoms with Crippen LogP contribution in [0.15, 0.2) is 48.6 Å². The van der Waals surface area contributed by atoms with E-state index in [4.69, 9.17) is 4.74 Å². The molecule has 0 heterocycles. The van der Waals surface area contributed by atoms with Crippen LogP contribution in [0.25, 0.3) is 0 Å². The molecule has 0 saturated heterocycles. The second-order valence-electron chi connectivity index (χ2n) is 3.45. The van der Waals surface area contributed by atoms with E-state index in [2.05, 4.69) is 5.32 Å². The molecular weight excluding hydrogens is 214 g/mol. The van der Waals surface area contributed by atoms with E-state index in [1.54, 1.807) is 13.2 Å². The largest absolute Gasteiger partial charge is 0.497 e. The Morgan fingerprint density at radius 2 is 2.00 bits per heavy atom. The fourth-order valence-electron chi connectivity index (χ4n) is 1.25. The van der Waals surface area contributed by atoms with Gasteiger partial charge in [-0.1, -0.05) is 30.4 Å². The zero-order valence-corrected chi connectivity index (χ0v) is 10.1. The molecule has 0 unspecified atom stereocenters. The lowest BCUT2D eigenvalue weighted by Crippen LogP contribution is -2.20. The van der Waals surface area contributed by atoms with Gasteiger partial charge in [-0.05, 0) is 24.6 Å². The molecule has 0 bridgehead atoms. The van der Waals surface area contributed by atoms with Gasteiger partial charge in [-0.2, -0.15) is 0 Å². The molecule has 0 spiro atoms. The van der Waals surface area contributed by atoms with Crippen molar-refractivity contribution in [2.24, 2.45) is 0 Å². The topological polar surface area (TPSA) is 38.3 Å². The average molecular weight is 231 g/mol. The Kier molecular flexibility index (Phi) is 5.58. The lowest BCUT2D eigenvalue weighted by atomic mass is 10.2. The van der Waals surface area contributed by atoms with Crippen molar-refractivity contribution >= 4 is 5.91 Å². The van der Waals surface area contributed by atoms with E-state index in [9.17, 15) is 4.79 Å². The van der Waals surface area contributed by atoms with Crippen molar-refractivity contribution in [2.75, 3.05) is 7.11 Å². The smallest absolute Gasteiger partial charge is 0.244 e. The highest BCUT2D eigenvalue weighted by Crippen LogP contribution is 2.10. The summed E-state index contributed by atoms with van der Waals surface area (Å²) < 4.78 is 5.05. The lowest BCUT2D eigenvalue weighted by Gasteiger charge is -2.04. The van der Waals surface area contributed by atoms with E-state index in [0.29, 0.717) is 6.54 Å². The van der Waals surface area contributed by atoms with Crippen molar-refractivity contribution in [1.29, 1.82) is 0 Å². The number of nitrogens with one attached hydrogen (secondary N) is 1. The Morgan fingerprint density at radius 1 is 1.29 bits per heavy atom. The minimum atomic E-state index is -0.0982. The number of rotatable bonds is 5. The quantitative estimate of drug-likeness (QED) is 0.624. The van der Waals surface area contributed by atoms with Crippen molar-refractivity contribution < 1.29 is 9.53 Å². The molecule has 1 N–H and O–H groups in total. The molecule has 3 heteroatoms. The Labute approximate surface area is 102 Å². The van der Waals surface area contributed by atoms with Gasteiger partial charge in [-0.25, -0.2) is 0 Å². The second kappa shape index (κ2) is 7.28. The Hall–Kier alpha value is -2.03. The van der Waals surface area contributed by atoms with Gasteiger partial charge in [0.15, 0.2) is 0 Å². The van der Waals surface area contributed by atoms with Crippen molar-refractivity contribution in [3.8, 4) is 5.75 Å². The van der Waals surface area contributed by atoms with Gasteiger partial charge in [0.1, 0.15) is 5.75 Å². The van der Waals surface area contributed by atoms with Gasteiger partial charge in [0.05, 0.1) is 7.11 Å². The Morgan fingerprint density at radius 3 is 2.59 bits per heavy atom. The summed E-state index contributed by atoms with van der Waals surface area (Å²) >= 11 is 0. The molecule has 0 aliphatic carbocycles. The molecular formula is C14H17NO2. The standard InChI is InChI=1S/C14H17NO2/c1-3-4-5-6-14(16)15-11-12-7-9-13(17-2)10-8-12/h3-10H,11H2,1-2H3,(H,15,16). The fraction of sp³-hybridized carbons (Fsp3) is 0.214. The number of ether oxygens (including phenoxy) is 1. The minimum absolute atomic E-state index is 0.0982. The third kappa shape index (κ3) is 5.02. The second-order valence-corrected chi connectivity index (χ2v) is 3.45. The van der Waals surface area contributed by atoms with E-state index in [1.807, 2.05) is 43.3 Å². The minimum Gasteiger partial charge on any atom is -0.497 e. The van der Waals surface area contributed by atoms with Crippen molar-refractivity contribution in [3.05, 3.63) is 54.1 Å². The predicted octanol–water partition coefficient (Wildman–Crippen LogP) is 2.44. The molecule has 1 aromatic carbocycles. The number of methoxy groups -OCH3 is 1. The normalized spacial score (nSPS) is 10.9. The molecule has 0 aliphatic heterocycles. The van der Waals surface area contributed by atoms with Gasteiger partial charge in [0.2, 0.25) is 5.91 Å². The van der Waals surface area contributed by atoms with Crippen LogP contribution in [0, 0.1) is 0 Å². The predicted molar refractivity (Wildman–Crippen MR) is 68.8 cm³/mol. The molecule has 0 atom stereocenters. The number of carbonyl (C=O) groups is 1. The van der Waals surface area contributed by atoms with Crippen LogP contribution >= 0.6 is 0 Å². The SMILES string of the molecule is CC=CC=CC(=O)NCc1ccc(OC)cc1. The molecule has 3 nitrogen and oxygen atoms in total. The molecule has 1 amide bonds. The summed E-state index contributed by atoms with van der Waals surface area (Å²) in [7, 11) is 1.63. The van der Waals surface area contributed by atoms with Gasteiger partial charge in [0.25, 0.3) is 0 Å². The Bertz CT molecular complexity index is 405. The van der Waals surface area contributed by atoms with Crippen LogP contribution in [-0.2, 0) is 11.3 Å². The molecule has 0 radical (unpaired) electrons. The summed E-state index contributed by atoms with van der Waals surface area (Å²) in [6.07, 6.45) is 6.90. The summed E-state index contributed by atoms with van der Waals surface area (Å²) in [4.78, 5) is 11.4. The van der Waals surface area contributed by atoms with E-state index in [0.717, 1.165) is 11.3 Å². The highest BCUT2D eigenvalue weighted by atomic mass is 16.5. The summed E-state index contributed by atoms with van der Waals surface area (Å²) in [6.45, 7) is 2.42. The molecule has 1 rings (SSSR count). The third-order valence-electron chi connectivity index (χ3n) is 2.18. The van der Waals surface area contributed by atoms with E-state index in [1.165, 1.54) is 6.08 Å². The number of benzene rings is 1. The first-order valence-corrected chi connectivity index (χ1v) is 5.46. The van der Waals surface area contributed by atoms with Crippen molar-refractivity contribution in [3.63, 3.8) is 0 Å². The fourth-order valence-corrected chi connectivity index (χ4v) is 1.25. The summed E-state index contributed by atoms with van der Waals surface area (Å²) in [6, 6.07) is 7.60. The van der Waals surface area contributed by atoms with Crippen LogP contribution < -0.4 is 10.1 Å². The summed E-state index contributed by atoms with van der Waals surface area (Å²) in [5.74, 6) is 0.715. The number of allylic oxidation sites excluding steroid dienone is 3. The first-order valence-electron chi connectivity index (χ1n) is 5.46. The molecule has 0 saturated carbocycles. The highest BCUT2D eigenvalue weighted by Gasteiger charge is 1.96. The van der Waals surface area contributed by atoms with Crippen molar-refractivity contribution in [1.82, 2.24) is 5.32 Å². The molecule has 1 aromatic rings. The highest BCUT2D eigenvalue weighted by molar-refractivity contribution is 5.87. The van der Waals surface area contributed by atoms with Crippen LogP contribution in [0.4, 0.5) is 0 Å². The van der Waals surface area contributed by atoms with Crippen LogP contribution in [0.2, 0.25) is 0 Å². The number of carbonyl (C=O) groups excluding carboxylic acids is 1. The van der Waals surface area contributed by atoms with Crippen LogP contribution in [-0.4, -0.2) is 13.0 Å². The van der Waals surface area contributed by atoms with E-state index < -0.39 is 0 Å². The van der Waals surface area contributed by atoms with Crippen LogP contribution in [0.3, 0.4) is 0 Å². The summed E-state index contributed by atoms with van der Waals surface area (Å²) in [5, 5.41) is 2.79. The van der Waals surface area contributed by atoms with E-state index in [-0.39, 0.29) is 5.91 Å². The van der Waals surface area contributed by atoms with Crippen LogP contribution in [0.5, 0.6) is 5.75 Å².